The highest BCUT2D eigenvalue weighted by Gasteiger charge is 2.40. The molecule has 0 unspecified atom stereocenters. The van der Waals surface area contributed by atoms with Crippen molar-refractivity contribution in [3.05, 3.63) is 72.6 Å². The Balaban J connectivity index is 1.00. The molecular weight excluding hydrogens is 600 g/mol. The summed E-state index contributed by atoms with van der Waals surface area (Å²) in [7, 11) is 0. The zero-order chi connectivity index (χ0) is 32.7. The lowest BCUT2D eigenvalue weighted by Gasteiger charge is -2.32. The van der Waals surface area contributed by atoms with Gasteiger partial charge in [0.15, 0.2) is 0 Å². The molecule has 13 nitrogen and oxygen atoms in total. The lowest BCUT2D eigenvalue weighted by molar-refractivity contribution is -0.144. The predicted molar refractivity (Wildman–Crippen MR) is 172 cm³/mol. The molecule has 0 spiro atoms. The zero-order valence-corrected chi connectivity index (χ0v) is 25.9. The number of rotatable bonds is 8. The minimum atomic E-state index is -1.22. The fraction of sp³-hybridized carbons (Fsp3) is 0.353. The van der Waals surface area contributed by atoms with E-state index in [4.69, 9.17) is 5.11 Å². The molecule has 242 valence electrons. The van der Waals surface area contributed by atoms with Crippen LogP contribution < -0.4 is 10.6 Å². The second kappa shape index (κ2) is 12.4. The van der Waals surface area contributed by atoms with Crippen LogP contribution in [0.2, 0.25) is 0 Å². The molecule has 2 aromatic carbocycles. The summed E-state index contributed by atoms with van der Waals surface area (Å²) >= 11 is 0. The van der Waals surface area contributed by atoms with Gasteiger partial charge >= 0.3 is 6.09 Å². The van der Waals surface area contributed by atoms with Gasteiger partial charge in [-0.2, -0.15) is 0 Å². The van der Waals surface area contributed by atoms with Crippen LogP contribution in [0.25, 0.3) is 33.6 Å². The number of benzene rings is 2. The number of H-pyrrole nitrogens is 2. The fourth-order valence-corrected chi connectivity index (χ4v) is 6.82. The Bertz CT molecular complexity index is 1810. The molecule has 4 amide bonds. The molecule has 47 heavy (non-hydrogen) atoms. The van der Waals surface area contributed by atoms with E-state index in [-0.39, 0.29) is 36.2 Å². The molecule has 3 aliphatic heterocycles. The van der Waals surface area contributed by atoms with E-state index in [1.807, 2.05) is 29.2 Å². The van der Waals surface area contributed by atoms with Crippen LogP contribution in [0.5, 0.6) is 0 Å². The molecule has 0 aliphatic carbocycles. The summed E-state index contributed by atoms with van der Waals surface area (Å²) in [5.74, 6) is 1.06. The quantitative estimate of drug-likeness (QED) is 0.182. The number of β-lactam (4-membered cyclic amide) rings is 1. The Morgan fingerprint density at radius 1 is 0.809 bits per heavy atom. The van der Waals surface area contributed by atoms with E-state index in [1.165, 1.54) is 0 Å². The van der Waals surface area contributed by atoms with Crippen molar-refractivity contribution in [3.8, 4) is 33.6 Å². The number of amides is 4. The van der Waals surface area contributed by atoms with Crippen LogP contribution in [-0.2, 0) is 14.4 Å². The number of aromatic amines is 2. The first-order valence-corrected chi connectivity index (χ1v) is 16.0. The van der Waals surface area contributed by atoms with Crippen molar-refractivity contribution < 1.29 is 24.3 Å². The number of nitrogens with one attached hydrogen (secondary N) is 4. The normalized spacial score (nSPS) is 21.3. The molecule has 3 saturated heterocycles. The van der Waals surface area contributed by atoms with Gasteiger partial charge in [-0.3, -0.25) is 14.4 Å². The second-order valence-electron chi connectivity index (χ2n) is 12.4. The number of hydrogen-bond donors (Lipinski definition) is 5. The van der Waals surface area contributed by atoms with Crippen molar-refractivity contribution in [2.45, 2.75) is 63.2 Å². The number of aromatic nitrogens is 4. The predicted octanol–water partition coefficient (Wildman–Crippen LogP) is 4.01. The summed E-state index contributed by atoms with van der Waals surface area (Å²) < 4.78 is 0. The number of imidazole rings is 2. The third kappa shape index (κ3) is 5.96. The van der Waals surface area contributed by atoms with Crippen LogP contribution in [0.4, 0.5) is 4.79 Å². The molecule has 3 fully saturated rings. The molecule has 0 saturated carbocycles. The van der Waals surface area contributed by atoms with Crippen LogP contribution in [0, 0.1) is 0 Å². The monoisotopic (exact) mass is 636 g/mol. The number of nitrogens with zero attached hydrogens (tertiary/aromatic N) is 4. The van der Waals surface area contributed by atoms with E-state index in [1.54, 1.807) is 24.2 Å². The number of likely N-dealkylation sites (tertiary alicyclic amines) is 2. The molecule has 4 atom stereocenters. The van der Waals surface area contributed by atoms with Crippen LogP contribution in [0.15, 0.2) is 60.9 Å². The maximum atomic E-state index is 12.9. The van der Waals surface area contributed by atoms with E-state index < -0.39 is 18.2 Å². The zero-order valence-electron chi connectivity index (χ0n) is 25.9. The first kappa shape index (κ1) is 30.2. The number of hydrogen-bond acceptors (Lipinski definition) is 6. The largest absolute Gasteiger partial charge is 0.465 e. The highest BCUT2D eigenvalue weighted by molar-refractivity contribution is 5.97. The molecule has 2 aromatic heterocycles. The summed E-state index contributed by atoms with van der Waals surface area (Å²) in [5.41, 5.74) is 5.79. The van der Waals surface area contributed by atoms with Gasteiger partial charge < -0.3 is 35.5 Å². The summed E-state index contributed by atoms with van der Waals surface area (Å²) in [6.07, 6.45) is 5.91. The third-order valence-corrected chi connectivity index (χ3v) is 9.35. The highest BCUT2D eigenvalue weighted by Crippen LogP contribution is 2.35. The van der Waals surface area contributed by atoms with Gasteiger partial charge in [0.05, 0.1) is 42.3 Å². The van der Waals surface area contributed by atoms with E-state index in [2.05, 4.69) is 54.8 Å². The topological polar surface area (TPSA) is 176 Å². The van der Waals surface area contributed by atoms with Crippen LogP contribution in [0.1, 0.15) is 62.8 Å². The van der Waals surface area contributed by atoms with Gasteiger partial charge in [0.2, 0.25) is 17.7 Å². The number of carbonyl (C=O) groups is 4. The van der Waals surface area contributed by atoms with Gasteiger partial charge in [-0.15, -0.1) is 0 Å². The number of carbonyl (C=O) groups excluding carboxylic acids is 3. The van der Waals surface area contributed by atoms with E-state index >= 15 is 0 Å². The first-order chi connectivity index (χ1) is 22.7. The summed E-state index contributed by atoms with van der Waals surface area (Å²) in [4.78, 5) is 67.6. The van der Waals surface area contributed by atoms with E-state index in [0.717, 1.165) is 65.1 Å². The van der Waals surface area contributed by atoms with Gasteiger partial charge in [-0.25, -0.2) is 14.8 Å². The van der Waals surface area contributed by atoms with Crippen LogP contribution in [-0.4, -0.2) is 83.8 Å². The molecular formula is C34H36N8O5. The Hall–Kier alpha value is -5.46. The molecule has 3 aliphatic rings. The van der Waals surface area contributed by atoms with Gasteiger partial charge in [-0.1, -0.05) is 48.5 Å². The molecule has 5 heterocycles. The molecule has 4 aromatic rings. The maximum Gasteiger partial charge on any atom is 0.405 e. The van der Waals surface area contributed by atoms with Crippen LogP contribution >= 0.6 is 0 Å². The molecule has 13 heteroatoms. The lowest BCUT2D eigenvalue weighted by atomic mass is 10.0. The van der Waals surface area contributed by atoms with Crippen LogP contribution in [0.3, 0.4) is 0 Å². The SMILES string of the molecule is C[C@H](NC(=O)O)C(=O)N1CCC[C@H]1c1ncc(-c2ccc(-c3ccc(-c4cnc([C@@H]5CCCN5C(=O)[C@@H]5CC(=O)N5)[nH]4)cc3)cc2)[nH]1. The minimum absolute atomic E-state index is 0.0391. The van der Waals surface area contributed by atoms with Crippen molar-refractivity contribution >= 4 is 23.8 Å². The third-order valence-electron chi connectivity index (χ3n) is 9.35. The van der Waals surface area contributed by atoms with E-state index in [9.17, 15) is 19.2 Å². The standard InChI is InChI=1S/C34H36N8O5/c1-19(37-34(46)47)32(44)41-14-2-4-27(41)30-35-17-25(39-30)22-10-6-20(7-11-22)21-8-12-23(13-9-21)26-18-36-31(40-26)28-5-3-15-42(28)33(45)24-16-29(43)38-24/h6-13,17-19,24,27-28,37H,2-5,14-16H2,1H3,(H,35,39)(H,36,40)(H,38,43)(H,46,47)/t19-,24-,27-,28-/m0/s1. The number of carboxylic acid groups (broad SMARTS) is 1. The minimum Gasteiger partial charge on any atom is -0.465 e. The molecule has 0 bridgehead atoms. The summed E-state index contributed by atoms with van der Waals surface area (Å²) in [6, 6.07) is 14.8. The van der Waals surface area contributed by atoms with Crippen molar-refractivity contribution in [3.63, 3.8) is 0 Å². The second-order valence-corrected chi connectivity index (χ2v) is 12.4. The average molecular weight is 637 g/mol. The molecule has 7 rings (SSSR count). The Kier molecular flexibility index (Phi) is 7.96. The summed E-state index contributed by atoms with van der Waals surface area (Å²) in [6.45, 7) is 2.77. The van der Waals surface area contributed by atoms with Crippen molar-refractivity contribution in [2.24, 2.45) is 0 Å². The average Bonchev–Trinajstić information content (AvgIpc) is 3.88. The first-order valence-electron chi connectivity index (χ1n) is 16.0. The Morgan fingerprint density at radius 2 is 1.28 bits per heavy atom. The molecule has 5 N–H and O–H groups in total. The maximum absolute atomic E-state index is 12.9. The van der Waals surface area contributed by atoms with Crippen molar-refractivity contribution in [1.29, 1.82) is 0 Å². The molecule has 0 radical (unpaired) electrons. The van der Waals surface area contributed by atoms with Gasteiger partial charge in [0.25, 0.3) is 0 Å². The van der Waals surface area contributed by atoms with Gasteiger partial charge in [-0.05, 0) is 54.9 Å². The van der Waals surface area contributed by atoms with Crippen molar-refractivity contribution in [1.82, 2.24) is 40.4 Å². The fourth-order valence-electron chi connectivity index (χ4n) is 6.82. The Labute approximate surface area is 270 Å². The smallest absolute Gasteiger partial charge is 0.405 e. The van der Waals surface area contributed by atoms with Crippen molar-refractivity contribution in [2.75, 3.05) is 13.1 Å². The lowest BCUT2D eigenvalue weighted by Crippen LogP contribution is -2.57. The Morgan fingerprint density at radius 3 is 1.77 bits per heavy atom. The van der Waals surface area contributed by atoms with Gasteiger partial charge in [0, 0.05) is 13.1 Å². The summed E-state index contributed by atoms with van der Waals surface area (Å²) in [5, 5.41) is 13.9. The highest BCUT2D eigenvalue weighted by atomic mass is 16.4. The van der Waals surface area contributed by atoms with Gasteiger partial charge in [0.1, 0.15) is 23.7 Å². The van der Waals surface area contributed by atoms with E-state index in [0.29, 0.717) is 18.9 Å².